The van der Waals surface area contributed by atoms with Crippen LogP contribution in [0.15, 0.2) is 83.8 Å². The highest BCUT2D eigenvalue weighted by molar-refractivity contribution is 7.92. The Hall–Kier alpha value is -3.19. The summed E-state index contributed by atoms with van der Waals surface area (Å²) in [6, 6.07) is 20.5. The second kappa shape index (κ2) is 8.45. The zero-order valence-electron chi connectivity index (χ0n) is 16.1. The Kier molecular flexibility index (Phi) is 5.98. The first-order chi connectivity index (χ1) is 13.8. The summed E-state index contributed by atoms with van der Waals surface area (Å²) in [4.78, 5) is 14.4. The van der Waals surface area contributed by atoms with Crippen LogP contribution in [0.2, 0.25) is 0 Å². The lowest BCUT2D eigenvalue weighted by molar-refractivity contribution is 0.0785. The van der Waals surface area contributed by atoms with Crippen molar-refractivity contribution in [3.63, 3.8) is 0 Å². The highest BCUT2D eigenvalue weighted by atomic mass is 32.2. The van der Waals surface area contributed by atoms with Crippen molar-refractivity contribution < 1.29 is 17.6 Å². The fourth-order valence-corrected chi connectivity index (χ4v) is 4.08. The zero-order valence-corrected chi connectivity index (χ0v) is 16.9. The molecular weight excluding hydrogens is 391 g/mol. The van der Waals surface area contributed by atoms with Crippen molar-refractivity contribution in [2.24, 2.45) is 0 Å². The van der Waals surface area contributed by atoms with Crippen LogP contribution >= 0.6 is 0 Å². The summed E-state index contributed by atoms with van der Waals surface area (Å²) >= 11 is 0. The molecule has 0 saturated heterocycles. The summed E-state index contributed by atoms with van der Waals surface area (Å²) in [6.07, 6.45) is 0. The number of halogens is 1. The normalized spacial score (nSPS) is 11.1. The number of anilines is 1. The van der Waals surface area contributed by atoms with Gasteiger partial charge in [0, 0.05) is 26.2 Å². The monoisotopic (exact) mass is 412 g/mol. The second-order valence-electron chi connectivity index (χ2n) is 6.62. The minimum absolute atomic E-state index is 0.196. The van der Waals surface area contributed by atoms with E-state index in [0.29, 0.717) is 17.8 Å². The molecule has 29 heavy (non-hydrogen) atoms. The molecule has 0 aliphatic rings. The molecule has 5 nitrogen and oxygen atoms in total. The lowest BCUT2D eigenvalue weighted by atomic mass is 10.1. The number of sulfonamides is 1. The Morgan fingerprint density at radius 1 is 0.862 bits per heavy atom. The first kappa shape index (κ1) is 20.5. The van der Waals surface area contributed by atoms with Gasteiger partial charge in [-0.1, -0.05) is 30.3 Å². The molecule has 1 amide bonds. The van der Waals surface area contributed by atoms with E-state index in [4.69, 9.17) is 0 Å². The van der Waals surface area contributed by atoms with Crippen molar-refractivity contribution in [1.82, 2.24) is 4.90 Å². The van der Waals surface area contributed by atoms with Crippen molar-refractivity contribution >= 4 is 21.6 Å². The molecule has 0 heterocycles. The van der Waals surface area contributed by atoms with Gasteiger partial charge in [-0.2, -0.15) is 0 Å². The van der Waals surface area contributed by atoms with E-state index in [1.165, 1.54) is 40.5 Å². The fraction of sp³-hybridized carbons (Fsp3) is 0.136. The van der Waals surface area contributed by atoms with Crippen molar-refractivity contribution in [1.29, 1.82) is 0 Å². The van der Waals surface area contributed by atoms with Gasteiger partial charge in [-0.3, -0.25) is 9.10 Å². The van der Waals surface area contributed by atoms with E-state index in [1.54, 1.807) is 61.6 Å². The standard InChI is InChI=1S/C22H21FN2O3S/c1-24(16-17-8-12-19(23)13-9-17)22(26)18-10-14-20(15-11-18)25(2)29(27,28)21-6-4-3-5-7-21/h3-15H,16H2,1-2H3. The van der Waals surface area contributed by atoms with Gasteiger partial charge in [0.25, 0.3) is 15.9 Å². The first-order valence-electron chi connectivity index (χ1n) is 8.93. The van der Waals surface area contributed by atoms with Gasteiger partial charge in [0.05, 0.1) is 10.6 Å². The van der Waals surface area contributed by atoms with E-state index in [2.05, 4.69) is 0 Å². The molecule has 0 N–H and O–H groups in total. The molecule has 3 aromatic carbocycles. The van der Waals surface area contributed by atoms with E-state index in [-0.39, 0.29) is 16.6 Å². The molecule has 0 spiro atoms. The Balaban J connectivity index is 1.73. The smallest absolute Gasteiger partial charge is 0.264 e. The van der Waals surface area contributed by atoms with E-state index in [0.717, 1.165) is 5.56 Å². The summed E-state index contributed by atoms with van der Waals surface area (Å²) < 4.78 is 39.6. The van der Waals surface area contributed by atoms with Crippen LogP contribution in [-0.2, 0) is 16.6 Å². The van der Waals surface area contributed by atoms with Gasteiger partial charge in [0.2, 0.25) is 0 Å². The molecule has 0 saturated carbocycles. The van der Waals surface area contributed by atoms with Crippen LogP contribution in [0.3, 0.4) is 0 Å². The maximum atomic E-state index is 13.0. The summed E-state index contributed by atoms with van der Waals surface area (Å²) in [7, 11) is -0.548. The number of rotatable bonds is 6. The van der Waals surface area contributed by atoms with E-state index in [1.807, 2.05) is 0 Å². The molecule has 7 heteroatoms. The second-order valence-corrected chi connectivity index (χ2v) is 8.59. The number of carbonyl (C=O) groups is 1. The molecule has 0 radical (unpaired) electrons. The molecule has 150 valence electrons. The van der Waals surface area contributed by atoms with Crippen LogP contribution in [0.5, 0.6) is 0 Å². The van der Waals surface area contributed by atoms with Crippen molar-refractivity contribution in [3.05, 3.63) is 95.8 Å². The van der Waals surface area contributed by atoms with E-state index >= 15 is 0 Å². The lowest BCUT2D eigenvalue weighted by Crippen LogP contribution is -2.27. The van der Waals surface area contributed by atoms with Crippen molar-refractivity contribution in [2.75, 3.05) is 18.4 Å². The minimum atomic E-state index is -3.68. The maximum Gasteiger partial charge on any atom is 0.264 e. The summed E-state index contributed by atoms with van der Waals surface area (Å²) in [5.41, 5.74) is 1.70. The number of hydrogen-bond donors (Lipinski definition) is 0. The average Bonchev–Trinajstić information content (AvgIpc) is 2.75. The van der Waals surface area contributed by atoms with Gasteiger partial charge >= 0.3 is 0 Å². The molecule has 0 fully saturated rings. The highest BCUT2D eigenvalue weighted by Gasteiger charge is 2.21. The third kappa shape index (κ3) is 4.63. The number of amides is 1. The van der Waals surface area contributed by atoms with Gasteiger partial charge in [-0.05, 0) is 54.1 Å². The Labute approximate surface area is 170 Å². The zero-order chi connectivity index (χ0) is 21.0. The van der Waals surface area contributed by atoms with Crippen molar-refractivity contribution in [2.45, 2.75) is 11.4 Å². The molecule has 3 aromatic rings. The Morgan fingerprint density at radius 3 is 2.03 bits per heavy atom. The Bertz CT molecular complexity index is 1080. The van der Waals surface area contributed by atoms with Crippen LogP contribution in [0, 0.1) is 5.82 Å². The molecule has 3 rings (SSSR count). The lowest BCUT2D eigenvalue weighted by Gasteiger charge is -2.21. The number of carbonyl (C=O) groups excluding carboxylic acids is 1. The van der Waals surface area contributed by atoms with Crippen LogP contribution in [-0.4, -0.2) is 33.3 Å². The van der Waals surface area contributed by atoms with Crippen molar-refractivity contribution in [3.8, 4) is 0 Å². The Morgan fingerprint density at radius 2 is 1.45 bits per heavy atom. The largest absolute Gasteiger partial charge is 0.337 e. The molecule has 0 unspecified atom stereocenters. The van der Waals surface area contributed by atoms with Gasteiger partial charge in [0.1, 0.15) is 5.82 Å². The highest BCUT2D eigenvalue weighted by Crippen LogP contribution is 2.22. The fourth-order valence-electron chi connectivity index (χ4n) is 2.86. The van der Waals surface area contributed by atoms with Gasteiger partial charge in [-0.15, -0.1) is 0 Å². The van der Waals surface area contributed by atoms with Gasteiger partial charge in [-0.25, -0.2) is 12.8 Å². The maximum absolute atomic E-state index is 13.0. The van der Waals surface area contributed by atoms with Crippen LogP contribution in [0.1, 0.15) is 15.9 Å². The molecule has 0 aromatic heterocycles. The predicted molar refractivity (Wildman–Crippen MR) is 111 cm³/mol. The number of hydrogen-bond acceptors (Lipinski definition) is 3. The molecule has 0 atom stereocenters. The summed E-state index contributed by atoms with van der Waals surface area (Å²) in [6.45, 7) is 0.336. The third-order valence-electron chi connectivity index (χ3n) is 4.56. The molecule has 0 aliphatic heterocycles. The quantitative estimate of drug-likeness (QED) is 0.617. The molecule has 0 aliphatic carbocycles. The third-order valence-corrected chi connectivity index (χ3v) is 6.36. The summed E-state index contributed by atoms with van der Waals surface area (Å²) in [5, 5.41) is 0. The van der Waals surface area contributed by atoms with Crippen LogP contribution in [0.25, 0.3) is 0 Å². The molecule has 0 bridgehead atoms. The van der Waals surface area contributed by atoms with E-state index in [9.17, 15) is 17.6 Å². The van der Waals surface area contributed by atoms with Crippen LogP contribution < -0.4 is 4.31 Å². The van der Waals surface area contributed by atoms with E-state index < -0.39 is 10.0 Å². The number of nitrogens with zero attached hydrogens (tertiary/aromatic N) is 2. The SMILES string of the molecule is CN(Cc1ccc(F)cc1)C(=O)c1ccc(N(C)S(=O)(=O)c2ccccc2)cc1. The number of benzene rings is 3. The first-order valence-corrected chi connectivity index (χ1v) is 10.4. The minimum Gasteiger partial charge on any atom is -0.337 e. The molecular formula is C22H21FN2O3S. The van der Waals surface area contributed by atoms with Gasteiger partial charge < -0.3 is 4.90 Å². The summed E-state index contributed by atoms with van der Waals surface area (Å²) in [5.74, 6) is -0.540. The topological polar surface area (TPSA) is 57.7 Å². The predicted octanol–water partition coefficient (Wildman–Crippen LogP) is 3.92. The van der Waals surface area contributed by atoms with Gasteiger partial charge in [0.15, 0.2) is 0 Å². The average molecular weight is 412 g/mol. The van der Waals surface area contributed by atoms with Crippen LogP contribution in [0.4, 0.5) is 10.1 Å².